The molecule has 0 radical (unpaired) electrons. The second-order valence-corrected chi connectivity index (χ2v) is 4.74. The lowest BCUT2D eigenvalue weighted by atomic mass is 9.90. The molecule has 1 aliphatic rings. The van der Waals surface area contributed by atoms with Gasteiger partial charge in [-0.25, -0.2) is 9.78 Å². The third kappa shape index (κ3) is 2.69. The summed E-state index contributed by atoms with van der Waals surface area (Å²) in [4.78, 5) is 25.9. The summed E-state index contributed by atoms with van der Waals surface area (Å²) in [7, 11) is 0. The van der Waals surface area contributed by atoms with Gasteiger partial charge >= 0.3 is 5.97 Å². The van der Waals surface area contributed by atoms with E-state index in [0.717, 1.165) is 0 Å². The molecule has 1 fully saturated rings. The summed E-state index contributed by atoms with van der Waals surface area (Å²) in [5.41, 5.74) is -0.846. The molecular weight excluding hydrogens is 266 g/mol. The van der Waals surface area contributed by atoms with E-state index in [1.807, 2.05) is 0 Å². The number of carboxylic acids is 1. The Morgan fingerprint density at radius 1 is 1.55 bits per heavy atom. The van der Waals surface area contributed by atoms with Crippen LogP contribution in [0.1, 0.15) is 18.4 Å². The molecule has 108 valence electrons. The van der Waals surface area contributed by atoms with Crippen LogP contribution in [0.15, 0.2) is 12.3 Å². The number of rotatable bonds is 4. The quantitative estimate of drug-likeness (QED) is 0.632. The largest absolute Gasteiger partial charge is 0.480 e. The fourth-order valence-corrected chi connectivity index (χ4v) is 2.14. The van der Waals surface area contributed by atoms with Gasteiger partial charge in [0.15, 0.2) is 0 Å². The molecule has 0 atom stereocenters. The van der Waals surface area contributed by atoms with E-state index >= 15 is 0 Å². The normalized spacial score (nSPS) is 17.4. The van der Waals surface area contributed by atoms with Crippen LogP contribution in [-0.4, -0.2) is 39.7 Å². The second-order valence-electron chi connectivity index (χ2n) is 4.74. The first kappa shape index (κ1) is 14.2. The van der Waals surface area contributed by atoms with Crippen molar-refractivity contribution in [2.24, 2.45) is 0 Å². The van der Waals surface area contributed by atoms with Crippen LogP contribution in [0.2, 0.25) is 0 Å². The van der Waals surface area contributed by atoms with Crippen LogP contribution in [0.4, 0.5) is 11.5 Å². The van der Waals surface area contributed by atoms with Gasteiger partial charge in [0, 0.05) is 37.8 Å². The maximum absolute atomic E-state index is 11.5. The fourth-order valence-electron chi connectivity index (χ4n) is 2.14. The highest BCUT2D eigenvalue weighted by Gasteiger charge is 2.40. The van der Waals surface area contributed by atoms with Gasteiger partial charge in [-0.15, -0.1) is 0 Å². The molecule has 8 heteroatoms. The molecule has 0 unspecified atom stereocenters. The second kappa shape index (κ2) is 5.41. The molecule has 0 aliphatic carbocycles. The predicted molar refractivity (Wildman–Crippen MR) is 69.7 cm³/mol. The van der Waals surface area contributed by atoms with E-state index in [1.54, 1.807) is 6.92 Å². The van der Waals surface area contributed by atoms with Gasteiger partial charge in [-0.1, -0.05) is 0 Å². The van der Waals surface area contributed by atoms with Crippen LogP contribution in [0.3, 0.4) is 0 Å². The van der Waals surface area contributed by atoms with Crippen LogP contribution in [-0.2, 0) is 9.53 Å². The Labute approximate surface area is 114 Å². The van der Waals surface area contributed by atoms with Gasteiger partial charge in [0.2, 0.25) is 0 Å². The van der Waals surface area contributed by atoms with Crippen molar-refractivity contribution in [1.29, 1.82) is 0 Å². The average molecular weight is 281 g/mol. The molecule has 1 aliphatic heterocycles. The highest BCUT2D eigenvalue weighted by molar-refractivity contribution is 5.82. The Kier molecular flexibility index (Phi) is 3.84. The third-order valence-electron chi connectivity index (χ3n) is 3.39. The van der Waals surface area contributed by atoms with E-state index in [4.69, 9.17) is 4.74 Å². The van der Waals surface area contributed by atoms with Crippen molar-refractivity contribution < 1.29 is 19.6 Å². The standard InChI is InChI=1S/C12H15N3O5/c1-8-7-13-10(6-9(8)15(18)19)14-12(11(16)17)2-4-20-5-3-12/h6-7H,2-5H2,1H3,(H,13,14)(H,16,17). The van der Waals surface area contributed by atoms with E-state index < -0.39 is 16.4 Å². The number of carboxylic acid groups (broad SMARTS) is 1. The third-order valence-corrected chi connectivity index (χ3v) is 3.39. The maximum Gasteiger partial charge on any atom is 0.329 e. The van der Waals surface area contributed by atoms with Crippen molar-refractivity contribution in [3.8, 4) is 0 Å². The molecule has 0 spiro atoms. The number of nitrogens with zero attached hydrogens (tertiary/aromatic N) is 2. The molecule has 0 bridgehead atoms. The Morgan fingerprint density at radius 3 is 2.75 bits per heavy atom. The number of aromatic nitrogens is 1. The monoisotopic (exact) mass is 281 g/mol. The van der Waals surface area contributed by atoms with Gasteiger partial charge < -0.3 is 15.2 Å². The summed E-state index contributed by atoms with van der Waals surface area (Å²) in [6.07, 6.45) is 1.92. The summed E-state index contributed by atoms with van der Waals surface area (Å²) in [5.74, 6) is -0.822. The zero-order valence-electron chi connectivity index (χ0n) is 11.0. The van der Waals surface area contributed by atoms with Crippen LogP contribution >= 0.6 is 0 Å². The molecule has 2 rings (SSSR count). The van der Waals surface area contributed by atoms with Gasteiger partial charge in [-0.3, -0.25) is 10.1 Å². The average Bonchev–Trinajstić information content (AvgIpc) is 2.41. The van der Waals surface area contributed by atoms with Crippen molar-refractivity contribution in [3.63, 3.8) is 0 Å². The summed E-state index contributed by atoms with van der Waals surface area (Å²) >= 11 is 0. The number of nitro groups is 1. The zero-order chi connectivity index (χ0) is 14.8. The maximum atomic E-state index is 11.5. The van der Waals surface area contributed by atoms with Crippen LogP contribution in [0.5, 0.6) is 0 Å². The molecule has 8 nitrogen and oxygen atoms in total. The molecule has 0 saturated carbocycles. The predicted octanol–water partition coefficient (Wildman–Crippen LogP) is 1.34. The van der Waals surface area contributed by atoms with Crippen molar-refractivity contribution in [2.45, 2.75) is 25.3 Å². The highest BCUT2D eigenvalue weighted by atomic mass is 16.6. The van der Waals surface area contributed by atoms with E-state index in [9.17, 15) is 20.0 Å². The number of aryl methyl sites for hydroxylation is 1. The first-order valence-electron chi connectivity index (χ1n) is 6.15. The van der Waals surface area contributed by atoms with Gasteiger partial charge in [-0.05, 0) is 6.92 Å². The smallest absolute Gasteiger partial charge is 0.329 e. The molecule has 1 aromatic rings. The molecule has 1 saturated heterocycles. The molecule has 20 heavy (non-hydrogen) atoms. The number of hydrogen-bond acceptors (Lipinski definition) is 6. The van der Waals surface area contributed by atoms with Crippen molar-refractivity contribution in [1.82, 2.24) is 4.98 Å². The van der Waals surface area contributed by atoms with E-state index in [1.165, 1.54) is 12.3 Å². The summed E-state index contributed by atoms with van der Waals surface area (Å²) in [5, 5.41) is 23.1. The first-order chi connectivity index (χ1) is 9.44. The molecule has 0 amide bonds. The number of aliphatic carboxylic acids is 1. The lowest BCUT2D eigenvalue weighted by Gasteiger charge is -2.34. The molecule has 0 aromatic carbocycles. The number of pyridine rings is 1. The molecule has 2 N–H and O–H groups in total. The zero-order valence-corrected chi connectivity index (χ0v) is 11.0. The van der Waals surface area contributed by atoms with E-state index in [0.29, 0.717) is 18.8 Å². The minimum atomic E-state index is -1.19. The van der Waals surface area contributed by atoms with Gasteiger partial charge in [0.05, 0.1) is 11.0 Å². The Hall–Kier alpha value is -2.22. The minimum Gasteiger partial charge on any atom is -0.480 e. The van der Waals surface area contributed by atoms with Crippen molar-refractivity contribution in [2.75, 3.05) is 18.5 Å². The lowest BCUT2D eigenvalue weighted by Crippen LogP contribution is -2.50. The topological polar surface area (TPSA) is 115 Å². The molecule has 2 heterocycles. The number of ether oxygens (including phenoxy) is 1. The fraction of sp³-hybridized carbons (Fsp3) is 0.500. The van der Waals surface area contributed by atoms with Crippen LogP contribution in [0, 0.1) is 17.0 Å². The summed E-state index contributed by atoms with van der Waals surface area (Å²) < 4.78 is 5.16. The highest BCUT2D eigenvalue weighted by Crippen LogP contribution is 2.28. The van der Waals surface area contributed by atoms with E-state index in [2.05, 4.69) is 10.3 Å². The number of anilines is 1. The van der Waals surface area contributed by atoms with Gasteiger partial charge in [-0.2, -0.15) is 0 Å². The first-order valence-corrected chi connectivity index (χ1v) is 6.15. The lowest BCUT2D eigenvalue weighted by molar-refractivity contribution is -0.385. The number of hydrogen-bond donors (Lipinski definition) is 2. The van der Waals surface area contributed by atoms with Crippen LogP contribution < -0.4 is 5.32 Å². The Balaban J connectivity index is 2.29. The molecule has 1 aromatic heterocycles. The minimum absolute atomic E-state index is 0.0879. The summed E-state index contributed by atoms with van der Waals surface area (Å²) in [6.45, 7) is 2.23. The van der Waals surface area contributed by atoms with Gasteiger partial charge in [0.1, 0.15) is 11.4 Å². The Morgan fingerprint density at radius 2 is 2.20 bits per heavy atom. The van der Waals surface area contributed by atoms with Crippen molar-refractivity contribution in [3.05, 3.63) is 27.9 Å². The van der Waals surface area contributed by atoms with Crippen molar-refractivity contribution >= 4 is 17.5 Å². The number of nitrogens with one attached hydrogen (secondary N) is 1. The Bertz CT molecular complexity index is 540. The number of carbonyl (C=O) groups is 1. The summed E-state index contributed by atoms with van der Waals surface area (Å²) in [6, 6.07) is 1.26. The van der Waals surface area contributed by atoms with Crippen LogP contribution in [0.25, 0.3) is 0 Å². The van der Waals surface area contributed by atoms with Gasteiger partial charge in [0.25, 0.3) is 5.69 Å². The SMILES string of the molecule is Cc1cnc(NC2(C(=O)O)CCOCC2)cc1[N+](=O)[O-]. The molecular formula is C12H15N3O5. The van der Waals surface area contributed by atoms with E-state index in [-0.39, 0.29) is 24.3 Å².